The number of fused-ring (bicyclic) bond motifs is 2. The van der Waals surface area contributed by atoms with Crippen LogP contribution in [0.5, 0.6) is 0 Å². The molecule has 3 unspecified atom stereocenters. The standard InChI is InChI=1S/C17H22FN3O2/c1-15(2,20-21-19)17-9-8-16(3,23-17)14(10-17)22-11-12-6-4-5-7-13(12)18/h4-7,14H,8-11H2,1-3H3. The topological polar surface area (TPSA) is 67.2 Å². The van der Waals surface area contributed by atoms with E-state index >= 15 is 0 Å². The van der Waals surface area contributed by atoms with Crippen LogP contribution in [0.2, 0.25) is 0 Å². The van der Waals surface area contributed by atoms with E-state index in [2.05, 4.69) is 10.0 Å². The molecule has 2 heterocycles. The first-order valence-corrected chi connectivity index (χ1v) is 7.93. The zero-order valence-corrected chi connectivity index (χ0v) is 13.8. The summed E-state index contributed by atoms with van der Waals surface area (Å²) >= 11 is 0. The molecule has 0 saturated carbocycles. The lowest BCUT2D eigenvalue weighted by molar-refractivity contribution is -0.100. The van der Waals surface area contributed by atoms with Crippen molar-refractivity contribution >= 4 is 0 Å². The molecule has 0 aliphatic carbocycles. The summed E-state index contributed by atoms with van der Waals surface area (Å²) in [6.07, 6.45) is 2.21. The molecule has 2 fully saturated rings. The van der Waals surface area contributed by atoms with Crippen molar-refractivity contribution in [3.8, 4) is 0 Å². The van der Waals surface area contributed by atoms with Gasteiger partial charge in [0.15, 0.2) is 0 Å². The van der Waals surface area contributed by atoms with E-state index in [0.29, 0.717) is 12.0 Å². The summed E-state index contributed by atoms with van der Waals surface area (Å²) in [7, 11) is 0. The van der Waals surface area contributed by atoms with E-state index < -0.39 is 16.7 Å². The molecule has 1 aromatic rings. The van der Waals surface area contributed by atoms with Gasteiger partial charge < -0.3 is 9.47 Å². The molecule has 2 aliphatic rings. The molecule has 3 rings (SSSR count). The highest BCUT2D eigenvalue weighted by atomic mass is 19.1. The van der Waals surface area contributed by atoms with Crippen molar-refractivity contribution in [3.63, 3.8) is 0 Å². The highest BCUT2D eigenvalue weighted by molar-refractivity contribution is 5.19. The number of hydrogen-bond donors (Lipinski definition) is 0. The molecule has 6 heteroatoms. The first-order chi connectivity index (χ1) is 10.8. The molecule has 3 atom stereocenters. The lowest BCUT2D eigenvalue weighted by atomic mass is 9.72. The second-order valence-corrected chi connectivity index (χ2v) is 7.25. The molecule has 0 N–H and O–H groups in total. The SMILES string of the molecule is CC12CCC(C(C)(C)N=[N+]=[N-])(CC1OCc1ccccc1F)O2. The third-order valence-corrected chi connectivity index (χ3v) is 5.46. The maximum atomic E-state index is 13.7. The van der Waals surface area contributed by atoms with Gasteiger partial charge in [-0.2, -0.15) is 0 Å². The first kappa shape index (κ1) is 16.2. The maximum Gasteiger partial charge on any atom is 0.128 e. The number of hydrogen-bond acceptors (Lipinski definition) is 3. The third-order valence-electron chi connectivity index (χ3n) is 5.46. The molecule has 0 aromatic heterocycles. The largest absolute Gasteiger partial charge is 0.370 e. The summed E-state index contributed by atoms with van der Waals surface area (Å²) in [5.41, 5.74) is 7.81. The number of nitrogens with zero attached hydrogens (tertiary/aromatic N) is 3. The maximum absolute atomic E-state index is 13.7. The van der Waals surface area contributed by atoms with Crippen molar-refractivity contribution in [2.45, 2.75) is 69.5 Å². The fourth-order valence-corrected chi connectivity index (χ4v) is 3.81. The first-order valence-electron chi connectivity index (χ1n) is 7.93. The summed E-state index contributed by atoms with van der Waals surface area (Å²) in [5, 5.41) is 3.95. The van der Waals surface area contributed by atoms with Crippen molar-refractivity contribution in [2.75, 3.05) is 0 Å². The summed E-state index contributed by atoms with van der Waals surface area (Å²) in [6, 6.07) is 6.63. The van der Waals surface area contributed by atoms with Crippen LogP contribution in [-0.4, -0.2) is 22.8 Å². The Hall–Kier alpha value is -1.62. The molecule has 1 aromatic carbocycles. The van der Waals surface area contributed by atoms with Gasteiger partial charge in [0.05, 0.1) is 29.5 Å². The van der Waals surface area contributed by atoms with Gasteiger partial charge in [0.1, 0.15) is 5.82 Å². The van der Waals surface area contributed by atoms with E-state index in [1.807, 2.05) is 20.8 Å². The quantitative estimate of drug-likeness (QED) is 0.455. The summed E-state index contributed by atoms with van der Waals surface area (Å²) in [4.78, 5) is 2.97. The zero-order chi connectivity index (χ0) is 16.7. The van der Waals surface area contributed by atoms with Crippen molar-refractivity contribution < 1.29 is 13.9 Å². The minimum absolute atomic E-state index is 0.135. The normalized spacial score (nSPS) is 32.8. The van der Waals surface area contributed by atoms with Gasteiger partial charge in [-0.3, -0.25) is 0 Å². The number of halogens is 1. The van der Waals surface area contributed by atoms with E-state index in [9.17, 15) is 4.39 Å². The third kappa shape index (κ3) is 2.61. The van der Waals surface area contributed by atoms with E-state index in [-0.39, 0.29) is 18.5 Å². The Morgan fingerprint density at radius 1 is 1.43 bits per heavy atom. The lowest BCUT2D eigenvalue weighted by Gasteiger charge is -2.38. The smallest absolute Gasteiger partial charge is 0.128 e. The molecule has 0 radical (unpaired) electrons. The minimum atomic E-state index is -0.643. The summed E-state index contributed by atoms with van der Waals surface area (Å²) in [6.45, 7) is 6.05. The van der Waals surface area contributed by atoms with Gasteiger partial charge in [-0.05, 0) is 31.4 Å². The number of azide groups is 1. The summed E-state index contributed by atoms with van der Waals surface area (Å²) < 4.78 is 26.1. The van der Waals surface area contributed by atoms with Crippen LogP contribution in [0.1, 0.15) is 45.6 Å². The van der Waals surface area contributed by atoms with Gasteiger partial charge in [0.25, 0.3) is 0 Å². The zero-order valence-electron chi connectivity index (χ0n) is 13.8. The van der Waals surface area contributed by atoms with Crippen LogP contribution in [0.15, 0.2) is 29.4 Å². The number of rotatable bonds is 5. The van der Waals surface area contributed by atoms with Gasteiger partial charge in [-0.15, -0.1) is 0 Å². The predicted octanol–water partition coefficient (Wildman–Crippen LogP) is 4.51. The molecule has 124 valence electrons. The lowest BCUT2D eigenvalue weighted by Crippen LogP contribution is -2.47. The van der Waals surface area contributed by atoms with Crippen LogP contribution < -0.4 is 0 Å². The van der Waals surface area contributed by atoms with Gasteiger partial charge in [-0.1, -0.05) is 37.2 Å². The number of benzene rings is 1. The molecule has 0 amide bonds. The Bertz CT molecular complexity index is 659. The molecule has 0 spiro atoms. The second-order valence-electron chi connectivity index (χ2n) is 7.25. The van der Waals surface area contributed by atoms with Gasteiger partial charge >= 0.3 is 0 Å². The Labute approximate surface area is 135 Å². The molecule has 2 saturated heterocycles. The second kappa shape index (κ2) is 5.48. The Morgan fingerprint density at radius 2 is 2.17 bits per heavy atom. The van der Waals surface area contributed by atoms with Gasteiger partial charge in [-0.25, -0.2) is 4.39 Å². The average Bonchev–Trinajstić information content (AvgIpc) is 2.99. The van der Waals surface area contributed by atoms with E-state index in [1.165, 1.54) is 6.07 Å². The Kier molecular flexibility index (Phi) is 3.87. The van der Waals surface area contributed by atoms with E-state index in [0.717, 1.165) is 12.8 Å². The van der Waals surface area contributed by atoms with Crippen molar-refractivity contribution in [3.05, 3.63) is 46.1 Å². The van der Waals surface area contributed by atoms with Crippen LogP contribution in [-0.2, 0) is 16.1 Å². The monoisotopic (exact) mass is 319 g/mol. The Morgan fingerprint density at radius 3 is 2.87 bits per heavy atom. The fraction of sp³-hybridized carbons (Fsp3) is 0.647. The number of ether oxygens (including phenoxy) is 2. The summed E-state index contributed by atoms with van der Waals surface area (Å²) in [5.74, 6) is -0.258. The van der Waals surface area contributed by atoms with Gasteiger partial charge in [0.2, 0.25) is 0 Å². The van der Waals surface area contributed by atoms with Crippen molar-refractivity contribution in [1.29, 1.82) is 0 Å². The van der Waals surface area contributed by atoms with Crippen LogP contribution in [0.25, 0.3) is 10.4 Å². The average molecular weight is 319 g/mol. The highest BCUT2D eigenvalue weighted by Gasteiger charge is 2.64. The highest BCUT2D eigenvalue weighted by Crippen LogP contribution is 2.57. The van der Waals surface area contributed by atoms with Crippen LogP contribution in [0, 0.1) is 5.82 Å². The molecular weight excluding hydrogens is 297 g/mol. The van der Waals surface area contributed by atoms with Crippen LogP contribution in [0.3, 0.4) is 0 Å². The predicted molar refractivity (Wildman–Crippen MR) is 84.3 cm³/mol. The van der Waals surface area contributed by atoms with Crippen LogP contribution >= 0.6 is 0 Å². The van der Waals surface area contributed by atoms with Crippen molar-refractivity contribution in [1.82, 2.24) is 0 Å². The van der Waals surface area contributed by atoms with Crippen molar-refractivity contribution in [2.24, 2.45) is 5.11 Å². The molecule has 2 bridgehead atoms. The molecule has 2 aliphatic heterocycles. The van der Waals surface area contributed by atoms with Gasteiger partial charge in [0, 0.05) is 16.9 Å². The molecule has 23 heavy (non-hydrogen) atoms. The Balaban J connectivity index is 1.76. The molecular formula is C17H22FN3O2. The minimum Gasteiger partial charge on any atom is -0.370 e. The van der Waals surface area contributed by atoms with E-state index in [4.69, 9.17) is 15.0 Å². The van der Waals surface area contributed by atoms with Crippen LogP contribution in [0.4, 0.5) is 4.39 Å². The molecule has 5 nitrogen and oxygen atoms in total. The fourth-order valence-electron chi connectivity index (χ4n) is 3.81. The van der Waals surface area contributed by atoms with E-state index in [1.54, 1.807) is 18.2 Å².